The molecule has 2 heterocycles. The molecule has 1 aliphatic heterocycles. The second-order valence-electron chi connectivity index (χ2n) is 5.91. The number of fused-ring (bicyclic) bond motifs is 1. The summed E-state index contributed by atoms with van der Waals surface area (Å²) < 4.78 is 40.1. The van der Waals surface area contributed by atoms with Crippen molar-refractivity contribution in [3.8, 4) is 0 Å². The number of nitrogens with one attached hydrogen (secondary N) is 1. The minimum absolute atomic E-state index is 0.0627. The zero-order chi connectivity index (χ0) is 17.5. The number of nitrogens with zero attached hydrogens (tertiary/aromatic N) is 2. The van der Waals surface area contributed by atoms with E-state index in [1.165, 1.54) is 0 Å². The zero-order valence-corrected chi connectivity index (χ0v) is 15.6. The molecule has 0 aliphatic carbocycles. The number of aromatic nitrogens is 2. The largest absolute Gasteiger partial charge is 0.393 e. The number of aromatic amines is 1. The molecule has 1 unspecified atom stereocenters. The van der Waals surface area contributed by atoms with Crippen molar-refractivity contribution in [1.29, 1.82) is 0 Å². The summed E-state index contributed by atoms with van der Waals surface area (Å²) in [4.78, 5) is 21.0. The Balaban J connectivity index is 1.87. The monoisotopic (exact) mass is 467 g/mol. The van der Waals surface area contributed by atoms with E-state index in [0.29, 0.717) is 34.2 Å². The molecule has 0 spiro atoms. The maximum atomic E-state index is 12.9. The molecule has 24 heavy (non-hydrogen) atoms. The van der Waals surface area contributed by atoms with E-state index in [9.17, 15) is 18.0 Å². The Bertz CT molecular complexity index is 822. The number of benzene rings is 1. The number of hydrogen-bond acceptors (Lipinski definition) is 3. The van der Waals surface area contributed by atoms with Gasteiger partial charge >= 0.3 is 6.18 Å². The Labute approximate surface area is 152 Å². The van der Waals surface area contributed by atoms with Crippen molar-refractivity contribution in [2.24, 2.45) is 5.92 Å². The fourth-order valence-electron chi connectivity index (χ4n) is 2.97. The molecule has 4 nitrogen and oxygen atoms in total. The topological polar surface area (TPSA) is 49.0 Å². The van der Waals surface area contributed by atoms with Gasteiger partial charge in [0.15, 0.2) is 0 Å². The van der Waals surface area contributed by atoms with Crippen LogP contribution >= 0.6 is 31.9 Å². The predicted octanol–water partition coefficient (Wildman–Crippen LogP) is 4.22. The molecule has 2 aromatic rings. The average molecular weight is 469 g/mol. The molecule has 9 heteroatoms. The standard InChI is InChI=1S/C15H14Br2F3N3O/c16-9-4-10-13(11(17)5-9)21-12(22-14(10)24)7-23-3-1-2-8(6-23)15(18,19)20/h4-5,8H,1-3,6-7H2,(H,21,22,24). The van der Waals surface area contributed by atoms with Crippen LogP contribution in [0.2, 0.25) is 0 Å². The molecule has 3 rings (SSSR count). The highest BCUT2D eigenvalue weighted by Crippen LogP contribution is 2.33. The van der Waals surface area contributed by atoms with Gasteiger partial charge < -0.3 is 4.98 Å². The summed E-state index contributed by atoms with van der Waals surface area (Å²) in [5.41, 5.74) is 0.197. The van der Waals surface area contributed by atoms with Crippen LogP contribution in [0.1, 0.15) is 18.7 Å². The number of halogens is 5. The maximum absolute atomic E-state index is 12.9. The van der Waals surface area contributed by atoms with Crippen LogP contribution in [0, 0.1) is 5.92 Å². The second-order valence-corrected chi connectivity index (χ2v) is 7.68. The van der Waals surface area contributed by atoms with Crippen LogP contribution in [0.3, 0.4) is 0 Å². The Morgan fingerprint density at radius 1 is 1.33 bits per heavy atom. The molecule has 1 fully saturated rings. The third-order valence-corrected chi connectivity index (χ3v) is 5.18. The van der Waals surface area contributed by atoms with E-state index < -0.39 is 12.1 Å². The van der Waals surface area contributed by atoms with Crippen LogP contribution in [0.4, 0.5) is 13.2 Å². The van der Waals surface area contributed by atoms with Crippen LogP contribution in [0.5, 0.6) is 0 Å². The first-order valence-corrected chi connectivity index (χ1v) is 8.99. The number of hydrogen-bond donors (Lipinski definition) is 1. The minimum atomic E-state index is -4.18. The summed E-state index contributed by atoms with van der Waals surface area (Å²) in [5.74, 6) is -0.945. The molecular weight excluding hydrogens is 455 g/mol. The normalized spacial score (nSPS) is 19.8. The van der Waals surface area contributed by atoms with E-state index in [0.717, 1.165) is 4.47 Å². The molecule has 1 aromatic heterocycles. The summed E-state index contributed by atoms with van der Waals surface area (Å²) in [6.45, 7) is 0.697. The maximum Gasteiger partial charge on any atom is 0.393 e. The summed E-state index contributed by atoms with van der Waals surface area (Å²) in [6, 6.07) is 3.44. The quantitative estimate of drug-likeness (QED) is 0.717. The third-order valence-electron chi connectivity index (χ3n) is 4.12. The summed E-state index contributed by atoms with van der Waals surface area (Å²) in [6.07, 6.45) is -3.54. The summed E-state index contributed by atoms with van der Waals surface area (Å²) in [7, 11) is 0. The molecule has 0 saturated carbocycles. The van der Waals surface area contributed by atoms with Crippen LogP contribution in [-0.2, 0) is 6.54 Å². The van der Waals surface area contributed by atoms with Crippen molar-refractivity contribution in [3.63, 3.8) is 0 Å². The number of rotatable bonds is 2. The Kier molecular flexibility index (Phi) is 5.04. The first kappa shape index (κ1) is 17.9. The van der Waals surface area contributed by atoms with Crippen LogP contribution < -0.4 is 5.56 Å². The van der Waals surface area contributed by atoms with Gasteiger partial charge in [0.1, 0.15) is 5.82 Å². The van der Waals surface area contributed by atoms with E-state index in [4.69, 9.17) is 0 Å². The van der Waals surface area contributed by atoms with Gasteiger partial charge in [-0.2, -0.15) is 13.2 Å². The van der Waals surface area contributed by atoms with Gasteiger partial charge in [0.2, 0.25) is 0 Å². The molecule has 1 aliphatic rings. The molecule has 1 atom stereocenters. The lowest BCUT2D eigenvalue weighted by Gasteiger charge is -2.33. The van der Waals surface area contributed by atoms with Crippen molar-refractivity contribution in [3.05, 3.63) is 37.3 Å². The van der Waals surface area contributed by atoms with Gasteiger partial charge in [-0.25, -0.2) is 4.98 Å². The van der Waals surface area contributed by atoms with E-state index in [1.807, 2.05) is 0 Å². The molecular formula is C15H14Br2F3N3O. The van der Waals surface area contributed by atoms with E-state index >= 15 is 0 Å². The molecule has 1 aromatic carbocycles. The third kappa shape index (κ3) is 3.83. The number of likely N-dealkylation sites (tertiary alicyclic amines) is 1. The SMILES string of the molecule is O=c1[nH]c(CN2CCCC(C(F)(F)F)C2)nc2c(Br)cc(Br)cc12. The summed E-state index contributed by atoms with van der Waals surface area (Å²) in [5, 5.41) is 0.423. The van der Waals surface area contributed by atoms with Gasteiger partial charge in [-0.05, 0) is 47.4 Å². The Morgan fingerprint density at radius 2 is 2.08 bits per heavy atom. The molecule has 0 amide bonds. The van der Waals surface area contributed by atoms with Gasteiger partial charge in [0, 0.05) is 15.5 Å². The van der Waals surface area contributed by atoms with E-state index in [2.05, 4.69) is 41.8 Å². The van der Waals surface area contributed by atoms with E-state index in [-0.39, 0.29) is 25.1 Å². The first-order chi connectivity index (χ1) is 11.2. The fraction of sp³-hybridized carbons (Fsp3) is 0.467. The Morgan fingerprint density at radius 3 is 2.79 bits per heavy atom. The van der Waals surface area contributed by atoms with Crippen molar-refractivity contribution in [2.75, 3.05) is 13.1 Å². The van der Waals surface area contributed by atoms with E-state index in [1.54, 1.807) is 17.0 Å². The molecule has 1 saturated heterocycles. The molecule has 1 N–H and O–H groups in total. The van der Waals surface area contributed by atoms with Crippen molar-refractivity contribution >= 4 is 42.8 Å². The fourth-order valence-corrected chi connectivity index (χ4v) is 4.28. The first-order valence-electron chi connectivity index (χ1n) is 7.41. The molecule has 0 radical (unpaired) electrons. The predicted molar refractivity (Wildman–Crippen MR) is 91.8 cm³/mol. The Hall–Kier alpha value is -0.930. The average Bonchev–Trinajstić information content (AvgIpc) is 2.48. The lowest BCUT2D eigenvalue weighted by atomic mass is 9.97. The van der Waals surface area contributed by atoms with Gasteiger partial charge in [0.05, 0.1) is 23.4 Å². The van der Waals surface area contributed by atoms with Crippen LogP contribution in [-0.4, -0.2) is 34.1 Å². The minimum Gasteiger partial charge on any atom is -0.309 e. The number of alkyl halides is 3. The zero-order valence-electron chi connectivity index (χ0n) is 12.5. The van der Waals surface area contributed by atoms with Gasteiger partial charge in [-0.15, -0.1) is 0 Å². The van der Waals surface area contributed by atoms with Gasteiger partial charge in [-0.1, -0.05) is 15.9 Å². The van der Waals surface area contributed by atoms with Gasteiger partial charge in [0.25, 0.3) is 5.56 Å². The van der Waals surface area contributed by atoms with Crippen LogP contribution in [0.15, 0.2) is 25.9 Å². The summed E-state index contributed by atoms with van der Waals surface area (Å²) >= 11 is 6.68. The highest BCUT2D eigenvalue weighted by Gasteiger charge is 2.41. The smallest absolute Gasteiger partial charge is 0.309 e. The highest BCUT2D eigenvalue weighted by atomic mass is 79.9. The van der Waals surface area contributed by atoms with Crippen molar-refractivity contribution in [2.45, 2.75) is 25.6 Å². The van der Waals surface area contributed by atoms with Crippen molar-refractivity contribution in [1.82, 2.24) is 14.9 Å². The lowest BCUT2D eigenvalue weighted by molar-refractivity contribution is -0.187. The second kappa shape index (κ2) is 6.76. The molecule has 130 valence electrons. The van der Waals surface area contributed by atoms with Gasteiger partial charge in [-0.3, -0.25) is 9.69 Å². The number of piperidine rings is 1. The molecule has 0 bridgehead atoms. The van der Waals surface area contributed by atoms with Crippen LogP contribution in [0.25, 0.3) is 10.9 Å². The van der Waals surface area contributed by atoms with Crippen molar-refractivity contribution < 1.29 is 13.2 Å². The highest BCUT2D eigenvalue weighted by molar-refractivity contribution is 9.11. The lowest BCUT2D eigenvalue weighted by Crippen LogP contribution is -2.41. The number of H-pyrrole nitrogens is 1.